The van der Waals surface area contributed by atoms with E-state index in [2.05, 4.69) is 220 Å². The molecule has 0 saturated heterocycles. The van der Waals surface area contributed by atoms with E-state index in [9.17, 15) is 0 Å². The van der Waals surface area contributed by atoms with Crippen molar-refractivity contribution in [3.8, 4) is 33.4 Å². The van der Waals surface area contributed by atoms with Gasteiger partial charge in [-0.3, -0.25) is 0 Å². The minimum atomic E-state index is -0.401. The number of furan rings is 1. The standard InChI is InChI=1S/C57H41NO/c1-56(2,3)37-28-30-38(31-29-37)58(52-34-27-36-15-4-5-16-40(36)54(52)46-22-14-21-45-44-20-9-13-26-53(44)59-55(45)46)39-32-33-51-47(35-39)43-19-8-12-25-50(43)57(51)48-23-10-6-17-41(48)42-18-7-11-24-49(42)57/h4-35H,1-3H3. The first-order valence-corrected chi connectivity index (χ1v) is 20.7. The zero-order valence-electron chi connectivity index (χ0n) is 33.3. The molecular formula is C57H41NO. The molecule has 0 amide bonds. The van der Waals surface area contributed by atoms with E-state index in [-0.39, 0.29) is 5.41 Å². The van der Waals surface area contributed by atoms with E-state index in [1.807, 2.05) is 0 Å². The molecule has 2 nitrogen and oxygen atoms in total. The predicted molar refractivity (Wildman–Crippen MR) is 246 cm³/mol. The van der Waals surface area contributed by atoms with Gasteiger partial charge in [-0.25, -0.2) is 0 Å². The number of nitrogens with zero attached hydrogens (tertiary/aromatic N) is 1. The Kier molecular flexibility index (Phi) is 7.14. The molecule has 12 rings (SSSR count). The van der Waals surface area contributed by atoms with Gasteiger partial charge in [0.25, 0.3) is 0 Å². The van der Waals surface area contributed by atoms with Crippen molar-refractivity contribution in [1.29, 1.82) is 0 Å². The zero-order valence-corrected chi connectivity index (χ0v) is 33.3. The van der Waals surface area contributed by atoms with Gasteiger partial charge in [0, 0.05) is 33.3 Å². The van der Waals surface area contributed by atoms with Crippen molar-refractivity contribution in [2.75, 3.05) is 4.90 Å². The van der Waals surface area contributed by atoms with E-state index < -0.39 is 5.41 Å². The van der Waals surface area contributed by atoms with Gasteiger partial charge >= 0.3 is 0 Å². The van der Waals surface area contributed by atoms with E-state index in [0.29, 0.717) is 0 Å². The number of anilines is 3. The second-order valence-corrected chi connectivity index (χ2v) is 17.2. The summed E-state index contributed by atoms with van der Waals surface area (Å²) in [5.74, 6) is 0. The quantitative estimate of drug-likeness (QED) is 0.178. The van der Waals surface area contributed by atoms with Crippen molar-refractivity contribution in [3.63, 3.8) is 0 Å². The lowest BCUT2D eigenvalue weighted by Crippen LogP contribution is -2.25. The van der Waals surface area contributed by atoms with E-state index in [1.54, 1.807) is 0 Å². The number of hydrogen-bond donors (Lipinski definition) is 0. The lowest BCUT2D eigenvalue weighted by molar-refractivity contribution is 0.590. The van der Waals surface area contributed by atoms with Crippen LogP contribution in [0.2, 0.25) is 0 Å². The molecule has 0 N–H and O–H groups in total. The van der Waals surface area contributed by atoms with Crippen molar-refractivity contribution < 1.29 is 4.42 Å². The number of para-hydroxylation sites is 2. The Bertz CT molecular complexity index is 3280. The van der Waals surface area contributed by atoms with Gasteiger partial charge in [-0.2, -0.15) is 0 Å². The summed E-state index contributed by atoms with van der Waals surface area (Å²) in [4.78, 5) is 2.47. The summed E-state index contributed by atoms with van der Waals surface area (Å²) in [7, 11) is 0. The van der Waals surface area contributed by atoms with Gasteiger partial charge < -0.3 is 9.32 Å². The van der Waals surface area contributed by atoms with Crippen LogP contribution < -0.4 is 4.90 Å². The van der Waals surface area contributed by atoms with E-state index in [1.165, 1.54) is 60.8 Å². The molecule has 59 heavy (non-hydrogen) atoms. The second kappa shape index (κ2) is 12.4. The molecular weight excluding hydrogens is 715 g/mol. The highest BCUT2D eigenvalue weighted by molar-refractivity contribution is 6.15. The van der Waals surface area contributed by atoms with Crippen LogP contribution in [0.25, 0.3) is 66.1 Å². The highest BCUT2D eigenvalue weighted by Gasteiger charge is 2.51. The summed E-state index contributed by atoms with van der Waals surface area (Å²) in [5.41, 5.74) is 18.8. The molecule has 10 aromatic rings. The van der Waals surface area contributed by atoms with Crippen LogP contribution in [0.3, 0.4) is 0 Å². The van der Waals surface area contributed by atoms with Gasteiger partial charge in [-0.15, -0.1) is 0 Å². The average Bonchev–Trinajstić information content (AvgIpc) is 3.91. The fraction of sp³-hybridized carbons (Fsp3) is 0.0877. The number of fused-ring (bicyclic) bond motifs is 14. The monoisotopic (exact) mass is 755 g/mol. The molecule has 2 heteroatoms. The largest absolute Gasteiger partial charge is 0.455 e. The van der Waals surface area contributed by atoms with Crippen molar-refractivity contribution in [2.24, 2.45) is 0 Å². The van der Waals surface area contributed by atoms with Crippen LogP contribution in [0.5, 0.6) is 0 Å². The fourth-order valence-electron chi connectivity index (χ4n) is 10.4. The molecule has 1 heterocycles. The summed E-state index contributed by atoms with van der Waals surface area (Å²) < 4.78 is 6.78. The van der Waals surface area contributed by atoms with Gasteiger partial charge in [0.05, 0.1) is 11.1 Å². The Morgan fingerprint density at radius 1 is 0.424 bits per heavy atom. The maximum atomic E-state index is 6.78. The zero-order chi connectivity index (χ0) is 39.5. The van der Waals surface area contributed by atoms with E-state index >= 15 is 0 Å². The highest BCUT2D eigenvalue weighted by atomic mass is 16.3. The van der Waals surface area contributed by atoms with Crippen LogP contribution in [-0.4, -0.2) is 0 Å². The van der Waals surface area contributed by atoms with Crippen molar-refractivity contribution in [1.82, 2.24) is 0 Å². The second-order valence-electron chi connectivity index (χ2n) is 17.2. The van der Waals surface area contributed by atoms with Crippen molar-refractivity contribution in [2.45, 2.75) is 31.6 Å². The molecule has 1 aromatic heterocycles. The predicted octanol–water partition coefficient (Wildman–Crippen LogP) is 15.5. The van der Waals surface area contributed by atoms with Gasteiger partial charge in [0.1, 0.15) is 11.2 Å². The molecule has 0 unspecified atom stereocenters. The Labute approximate surface area is 344 Å². The highest BCUT2D eigenvalue weighted by Crippen LogP contribution is 2.63. The third kappa shape index (κ3) is 4.75. The average molecular weight is 756 g/mol. The molecule has 0 fully saturated rings. The summed E-state index contributed by atoms with van der Waals surface area (Å²) in [6, 6.07) is 71.8. The molecule has 0 bridgehead atoms. The SMILES string of the molecule is CC(C)(C)c1ccc(N(c2ccc3c(c2)-c2ccccc2C32c3ccccc3-c3ccccc32)c2ccc3ccccc3c2-c2cccc3c2oc2ccccc23)cc1. The minimum Gasteiger partial charge on any atom is -0.455 e. The lowest BCUT2D eigenvalue weighted by atomic mass is 9.70. The number of benzene rings is 9. The van der Waals surface area contributed by atoms with Crippen LogP contribution in [0.1, 0.15) is 48.6 Å². The summed E-state index contributed by atoms with van der Waals surface area (Å²) >= 11 is 0. The van der Waals surface area contributed by atoms with E-state index in [4.69, 9.17) is 4.42 Å². The molecule has 9 aromatic carbocycles. The van der Waals surface area contributed by atoms with Crippen molar-refractivity contribution in [3.05, 3.63) is 222 Å². The fourth-order valence-corrected chi connectivity index (χ4v) is 10.4. The third-order valence-corrected chi connectivity index (χ3v) is 13.1. The molecule has 0 aliphatic heterocycles. The normalized spacial score (nSPS) is 13.5. The maximum Gasteiger partial charge on any atom is 0.143 e. The van der Waals surface area contributed by atoms with Gasteiger partial charge in [-0.1, -0.05) is 178 Å². The van der Waals surface area contributed by atoms with Crippen LogP contribution in [-0.2, 0) is 10.8 Å². The Balaban J connectivity index is 1.15. The topological polar surface area (TPSA) is 16.4 Å². The first-order valence-electron chi connectivity index (χ1n) is 20.7. The van der Waals surface area contributed by atoms with Gasteiger partial charge in [-0.05, 0) is 103 Å². The molecule has 2 aliphatic rings. The van der Waals surface area contributed by atoms with Crippen LogP contribution >= 0.6 is 0 Å². The van der Waals surface area contributed by atoms with Crippen LogP contribution in [0, 0.1) is 0 Å². The minimum absolute atomic E-state index is 0.0217. The lowest BCUT2D eigenvalue weighted by Gasteiger charge is -2.32. The third-order valence-electron chi connectivity index (χ3n) is 13.1. The summed E-state index contributed by atoms with van der Waals surface area (Å²) in [6.45, 7) is 6.84. The number of hydrogen-bond acceptors (Lipinski definition) is 2. The van der Waals surface area contributed by atoms with Crippen LogP contribution in [0.4, 0.5) is 17.1 Å². The summed E-state index contributed by atoms with van der Waals surface area (Å²) in [5, 5.41) is 4.61. The maximum absolute atomic E-state index is 6.78. The van der Waals surface area contributed by atoms with E-state index in [0.717, 1.165) is 50.1 Å². The first-order chi connectivity index (χ1) is 28.9. The Morgan fingerprint density at radius 3 is 1.66 bits per heavy atom. The molecule has 1 spiro atoms. The Hall–Kier alpha value is -7.16. The first kappa shape index (κ1) is 33.9. The smallest absolute Gasteiger partial charge is 0.143 e. The van der Waals surface area contributed by atoms with Crippen LogP contribution in [0.15, 0.2) is 199 Å². The molecule has 2 aliphatic carbocycles. The molecule has 280 valence electrons. The Morgan fingerprint density at radius 2 is 0.966 bits per heavy atom. The molecule has 0 saturated carbocycles. The molecule has 0 radical (unpaired) electrons. The van der Waals surface area contributed by atoms with Crippen molar-refractivity contribution >= 4 is 49.8 Å². The summed E-state index contributed by atoms with van der Waals surface area (Å²) in [6.07, 6.45) is 0. The molecule has 0 atom stereocenters. The van der Waals surface area contributed by atoms with Gasteiger partial charge in [0.15, 0.2) is 0 Å². The van der Waals surface area contributed by atoms with Gasteiger partial charge in [0.2, 0.25) is 0 Å². The number of rotatable bonds is 4.